The van der Waals surface area contributed by atoms with E-state index in [0.717, 1.165) is 6.42 Å². The van der Waals surface area contributed by atoms with Crippen LogP contribution in [-0.2, 0) is 14.3 Å². The largest absolute Gasteiger partial charge is 0.392 e. The molecule has 2 unspecified atom stereocenters. The topological polar surface area (TPSA) is 43.4 Å². The van der Waals surface area contributed by atoms with Crippen molar-refractivity contribution in [2.24, 2.45) is 0 Å². The minimum Gasteiger partial charge on any atom is -0.392 e. The number of carbonyl (C=O) groups excluding carboxylic acids is 2. The van der Waals surface area contributed by atoms with Gasteiger partial charge in [-0.1, -0.05) is 39.5 Å². The SMILES string of the molecule is CCCCCCC(C)SC1CC(=O)OC1=O. The van der Waals surface area contributed by atoms with Gasteiger partial charge in [-0.3, -0.25) is 9.59 Å². The third-order valence-corrected chi connectivity index (χ3v) is 4.08. The molecular weight excluding hydrogens is 224 g/mol. The molecule has 92 valence electrons. The number of rotatable bonds is 7. The molecule has 0 amide bonds. The lowest BCUT2D eigenvalue weighted by Crippen LogP contribution is -2.13. The maximum Gasteiger partial charge on any atom is 0.327 e. The van der Waals surface area contributed by atoms with E-state index in [0.29, 0.717) is 5.25 Å². The summed E-state index contributed by atoms with van der Waals surface area (Å²) in [6.07, 6.45) is 6.35. The van der Waals surface area contributed by atoms with Crippen LogP contribution < -0.4 is 0 Å². The zero-order valence-electron chi connectivity index (χ0n) is 10.0. The van der Waals surface area contributed by atoms with Gasteiger partial charge >= 0.3 is 11.9 Å². The number of carbonyl (C=O) groups is 2. The highest BCUT2D eigenvalue weighted by Gasteiger charge is 2.34. The van der Waals surface area contributed by atoms with E-state index in [2.05, 4.69) is 18.6 Å². The van der Waals surface area contributed by atoms with Crippen LogP contribution >= 0.6 is 11.8 Å². The van der Waals surface area contributed by atoms with Crippen molar-refractivity contribution in [1.82, 2.24) is 0 Å². The van der Waals surface area contributed by atoms with Crippen molar-refractivity contribution in [2.75, 3.05) is 0 Å². The quantitative estimate of drug-likeness (QED) is 0.392. The lowest BCUT2D eigenvalue weighted by atomic mass is 10.1. The van der Waals surface area contributed by atoms with E-state index in [1.807, 2.05) is 0 Å². The van der Waals surface area contributed by atoms with Gasteiger partial charge in [0.15, 0.2) is 0 Å². The van der Waals surface area contributed by atoms with E-state index in [1.165, 1.54) is 25.7 Å². The molecule has 0 aliphatic carbocycles. The summed E-state index contributed by atoms with van der Waals surface area (Å²) in [4.78, 5) is 22.1. The molecule has 0 aromatic rings. The maximum atomic E-state index is 11.2. The molecule has 1 heterocycles. The predicted octanol–water partition coefficient (Wildman–Crippen LogP) is 2.92. The van der Waals surface area contributed by atoms with Crippen molar-refractivity contribution in [1.29, 1.82) is 0 Å². The summed E-state index contributed by atoms with van der Waals surface area (Å²) in [7, 11) is 0. The fourth-order valence-corrected chi connectivity index (χ4v) is 3.02. The van der Waals surface area contributed by atoms with Crippen LogP contribution in [0.25, 0.3) is 0 Å². The molecule has 0 saturated carbocycles. The van der Waals surface area contributed by atoms with Crippen molar-refractivity contribution in [3.8, 4) is 0 Å². The number of unbranched alkanes of at least 4 members (excludes halogenated alkanes) is 3. The molecular formula is C12H20O3S. The van der Waals surface area contributed by atoms with Crippen LogP contribution in [0.1, 0.15) is 52.4 Å². The minimum absolute atomic E-state index is 0.253. The third-order valence-electron chi connectivity index (χ3n) is 2.69. The molecule has 1 fully saturated rings. The first-order valence-corrected chi connectivity index (χ1v) is 6.97. The van der Waals surface area contributed by atoms with Gasteiger partial charge in [0.1, 0.15) is 5.25 Å². The summed E-state index contributed by atoms with van der Waals surface area (Å²) in [6.45, 7) is 4.31. The second-order valence-electron chi connectivity index (χ2n) is 4.28. The van der Waals surface area contributed by atoms with Crippen molar-refractivity contribution < 1.29 is 14.3 Å². The first-order chi connectivity index (χ1) is 7.63. The van der Waals surface area contributed by atoms with Crippen LogP contribution in [0, 0.1) is 0 Å². The zero-order chi connectivity index (χ0) is 12.0. The van der Waals surface area contributed by atoms with Gasteiger partial charge in [0, 0.05) is 5.25 Å². The van der Waals surface area contributed by atoms with Crippen LogP contribution in [0.4, 0.5) is 0 Å². The normalized spacial score (nSPS) is 22.2. The Kier molecular flexibility index (Phi) is 5.88. The van der Waals surface area contributed by atoms with Crippen LogP contribution in [0.3, 0.4) is 0 Å². The number of hydrogen-bond acceptors (Lipinski definition) is 4. The van der Waals surface area contributed by atoms with Crippen LogP contribution in [0.15, 0.2) is 0 Å². The standard InChI is InChI=1S/C12H20O3S/c1-3-4-5-6-7-9(2)16-10-8-11(13)15-12(10)14/h9-10H,3-8H2,1-2H3. The van der Waals surface area contributed by atoms with Crippen molar-refractivity contribution in [3.05, 3.63) is 0 Å². The van der Waals surface area contributed by atoms with Crippen LogP contribution in [0.5, 0.6) is 0 Å². The van der Waals surface area contributed by atoms with Gasteiger partial charge in [-0.15, -0.1) is 11.8 Å². The van der Waals surface area contributed by atoms with E-state index in [1.54, 1.807) is 11.8 Å². The number of ether oxygens (including phenoxy) is 1. The Bertz CT molecular complexity index is 253. The highest BCUT2D eigenvalue weighted by molar-refractivity contribution is 8.01. The van der Waals surface area contributed by atoms with E-state index in [-0.39, 0.29) is 23.6 Å². The van der Waals surface area contributed by atoms with E-state index < -0.39 is 0 Å². The Morgan fingerprint density at radius 3 is 2.69 bits per heavy atom. The van der Waals surface area contributed by atoms with Gasteiger partial charge in [0.2, 0.25) is 0 Å². The highest BCUT2D eigenvalue weighted by atomic mass is 32.2. The molecule has 1 rings (SSSR count). The monoisotopic (exact) mass is 244 g/mol. The molecule has 1 aliphatic heterocycles. The molecule has 0 aromatic heterocycles. The molecule has 3 nitrogen and oxygen atoms in total. The lowest BCUT2D eigenvalue weighted by molar-refractivity contribution is -0.151. The van der Waals surface area contributed by atoms with Crippen LogP contribution in [-0.4, -0.2) is 22.4 Å². The summed E-state index contributed by atoms with van der Waals surface area (Å²) in [5.41, 5.74) is 0. The van der Waals surface area contributed by atoms with Crippen molar-refractivity contribution in [2.45, 2.75) is 62.9 Å². The Balaban J connectivity index is 2.16. The Hall–Kier alpha value is -0.510. The predicted molar refractivity (Wildman–Crippen MR) is 65.3 cm³/mol. The summed E-state index contributed by atoms with van der Waals surface area (Å²) < 4.78 is 4.52. The molecule has 0 aromatic carbocycles. The molecule has 0 bridgehead atoms. The average molecular weight is 244 g/mol. The molecule has 0 spiro atoms. The fourth-order valence-electron chi connectivity index (χ4n) is 1.76. The van der Waals surface area contributed by atoms with Crippen LogP contribution in [0.2, 0.25) is 0 Å². The van der Waals surface area contributed by atoms with Gasteiger partial charge in [-0.25, -0.2) is 0 Å². The third kappa shape index (κ3) is 4.56. The molecule has 2 atom stereocenters. The first-order valence-electron chi connectivity index (χ1n) is 6.03. The smallest absolute Gasteiger partial charge is 0.327 e. The fraction of sp³-hybridized carbons (Fsp3) is 0.833. The second kappa shape index (κ2) is 6.94. The lowest BCUT2D eigenvalue weighted by Gasteiger charge is -2.12. The summed E-state index contributed by atoms with van der Waals surface area (Å²) >= 11 is 1.58. The van der Waals surface area contributed by atoms with Gasteiger partial charge in [0.05, 0.1) is 6.42 Å². The molecule has 0 radical (unpaired) electrons. The highest BCUT2D eigenvalue weighted by Crippen LogP contribution is 2.29. The van der Waals surface area contributed by atoms with Gasteiger partial charge in [-0.2, -0.15) is 0 Å². The van der Waals surface area contributed by atoms with Crippen molar-refractivity contribution in [3.63, 3.8) is 0 Å². The summed E-state index contributed by atoms with van der Waals surface area (Å²) in [5.74, 6) is -0.726. The minimum atomic E-state index is -0.374. The number of thioether (sulfide) groups is 1. The Morgan fingerprint density at radius 1 is 1.38 bits per heavy atom. The van der Waals surface area contributed by atoms with E-state index >= 15 is 0 Å². The van der Waals surface area contributed by atoms with Gasteiger partial charge in [0.25, 0.3) is 0 Å². The Labute approximate surface area is 101 Å². The van der Waals surface area contributed by atoms with E-state index in [4.69, 9.17) is 0 Å². The second-order valence-corrected chi connectivity index (χ2v) is 5.93. The maximum absolute atomic E-state index is 11.2. The number of esters is 2. The molecule has 0 N–H and O–H groups in total. The van der Waals surface area contributed by atoms with Gasteiger partial charge in [-0.05, 0) is 6.42 Å². The summed E-state index contributed by atoms with van der Waals surface area (Å²) in [6, 6.07) is 0. The van der Waals surface area contributed by atoms with Gasteiger partial charge < -0.3 is 4.74 Å². The van der Waals surface area contributed by atoms with E-state index in [9.17, 15) is 9.59 Å². The van der Waals surface area contributed by atoms with Crippen molar-refractivity contribution >= 4 is 23.7 Å². The molecule has 1 aliphatic rings. The molecule has 16 heavy (non-hydrogen) atoms. The molecule has 1 saturated heterocycles. The average Bonchev–Trinajstić information content (AvgIpc) is 2.52. The Morgan fingerprint density at radius 2 is 2.12 bits per heavy atom. The number of cyclic esters (lactones) is 2. The molecule has 4 heteroatoms. The zero-order valence-corrected chi connectivity index (χ0v) is 10.8. The first kappa shape index (κ1) is 13.6. The number of hydrogen-bond donors (Lipinski definition) is 0. The summed E-state index contributed by atoms with van der Waals surface area (Å²) in [5, 5.41) is 0.175.